The monoisotopic (exact) mass is 298 g/mol. The first kappa shape index (κ1) is 18.6. The summed E-state index contributed by atoms with van der Waals surface area (Å²) in [5.74, 6) is -0.0800. The molecule has 0 bridgehead atoms. The summed E-state index contributed by atoms with van der Waals surface area (Å²) in [4.78, 5) is 23.3. The van der Waals surface area contributed by atoms with E-state index in [1.165, 1.54) is 5.56 Å². The molecule has 0 spiro atoms. The summed E-state index contributed by atoms with van der Waals surface area (Å²) in [6.07, 6.45) is 2.20. The summed E-state index contributed by atoms with van der Waals surface area (Å²) in [6, 6.07) is 7.56. The predicted octanol–water partition coefficient (Wildman–Crippen LogP) is 2.10. The van der Waals surface area contributed by atoms with Crippen molar-refractivity contribution in [3.05, 3.63) is 35.4 Å². The van der Waals surface area contributed by atoms with Gasteiger partial charge in [0.2, 0.25) is 5.91 Å². The van der Waals surface area contributed by atoms with E-state index in [0.29, 0.717) is 18.7 Å². The van der Waals surface area contributed by atoms with Crippen LogP contribution in [0, 0.1) is 0 Å². The molecule has 0 heterocycles. The van der Waals surface area contributed by atoms with Crippen molar-refractivity contribution in [3.63, 3.8) is 0 Å². The maximum absolute atomic E-state index is 11.9. The topological polar surface area (TPSA) is 72.2 Å². The summed E-state index contributed by atoms with van der Waals surface area (Å²) in [6.45, 7) is 3.21. The molecule has 0 radical (unpaired) electrons. The third-order valence-electron chi connectivity index (χ3n) is 2.97. The summed E-state index contributed by atoms with van der Waals surface area (Å²) in [7, 11) is 0. The highest BCUT2D eigenvalue weighted by atomic mass is 35.5. The molecule has 0 aliphatic carbocycles. The molecule has 0 atom stereocenters. The third kappa shape index (κ3) is 6.68. The van der Waals surface area contributed by atoms with Crippen LogP contribution in [0.2, 0.25) is 0 Å². The number of hydrogen-bond acceptors (Lipinski definition) is 3. The Balaban J connectivity index is 0.00000361. The minimum atomic E-state index is -0.0908. The Kier molecular flexibility index (Phi) is 9.68. The highest BCUT2D eigenvalue weighted by molar-refractivity contribution is 5.97. The van der Waals surface area contributed by atoms with Crippen LogP contribution in [0.1, 0.15) is 42.1 Å². The second-order valence-corrected chi connectivity index (χ2v) is 4.47. The Morgan fingerprint density at radius 1 is 1.15 bits per heavy atom. The number of nitrogens with one attached hydrogen (secondary N) is 1. The minimum Gasteiger partial charge on any atom is -0.356 e. The molecule has 1 rings (SSSR count). The van der Waals surface area contributed by atoms with Crippen molar-refractivity contribution in [2.24, 2.45) is 5.73 Å². The normalized spacial score (nSPS) is 9.70. The van der Waals surface area contributed by atoms with E-state index in [4.69, 9.17) is 5.73 Å². The lowest BCUT2D eigenvalue weighted by Crippen LogP contribution is -2.26. The van der Waals surface area contributed by atoms with E-state index in [1.807, 2.05) is 24.3 Å². The molecular weight excluding hydrogens is 276 g/mol. The van der Waals surface area contributed by atoms with Gasteiger partial charge in [0.1, 0.15) is 0 Å². The molecule has 112 valence electrons. The molecule has 0 saturated heterocycles. The molecule has 0 aromatic heterocycles. The first-order valence-corrected chi connectivity index (χ1v) is 6.76. The number of ketones is 1. The maximum Gasteiger partial charge on any atom is 0.220 e. The van der Waals surface area contributed by atoms with Gasteiger partial charge in [0.25, 0.3) is 0 Å². The van der Waals surface area contributed by atoms with Crippen molar-refractivity contribution in [3.8, 4) is 0 Å². The number of carbonyl (C=O) groups excluding carboxylic acids is 2. The second-order valence-electron chi connectivity index (χ2n) is 4.47. The molecule has 0 saturated carbocycles. The van der Waals surface area contributed by atoms with Crippen LogP contribution in [0.5, 0.6) is 0 Å². The molecule has 5 heteroatoms. The number of amides is 1. The number of Topliss-reactive ketones (excluding diaryl/α,β-unsaturated/α-hetero) is 1. The zero-order valence-electron chi connectivity index (χ0n) is 11.9. The molecule has 0 aliphatic heterocycles. The molecule has 20 heavy (non-hydrogen) atoms. The number of benzene rings is 1. The molecule has 3 N–H and O–H groups in total. The SMILES string of the molecule is CCc1ccc(C(=O)CCC(=O)NCCCN)cc1.Cl. The summed E-state index contributed by atoms with van der Waals surface area (Å²) in [5, 5.41) is 2.74. The van der Waals surface area contributed by atoms with Crippen LogP contribution in [-0.2, 0) is 11.2 Å². The summed E-state index contributed by atoms with van der Waals surface area (Å²) < 4.78 is 0. The number of aryl methyl sites for hydroxylation is 1. The summed E-state index contributed by atoms with van der Waals surface area (Å²) >= 11 is 0. The van der Waals surface area contributed by atoms with Crippen LogP contribution in [-0.4, -0.2) is 24.8 Å². The van der Waals surface area contributed by atoms with Gasteiger partial charge in [-0.25, -0.2) is 0 Å². The Morgan fingerprint density at radius 2 is 1.80 bits per heavy atom. The van der Waals surface area contributed by atoms with Crippen LogP contribution in [0.15, 0.2) is 24.3 Å². The molecule has 4 nitrogen and oxygen atoms in total. The first-order chi connectivity index (χ1) is 9.17. The van der Waals surface area contributed by atoms with Crippen LogP contribution in [0.25, 0.3) is 0 Å². The van der Waals surface area contributed by atoms with Crippen LogP contribution >= 0.6 is 12.4 Å². The Morgan fingerprint density at radius 3 is 2.35 bits per heavy atom. The van der Waals surface area contributed by atoms with Gasteiger partial charge < -0.3 is 11.1 Å². The second kappa shape index (κ2) is 10.4. The van der Waals surface area contributed by atoms with E-state index < -0.39 is 0 Å². The summed E-state index contributed by atoms with van der Waals surface area (Å²) in [5.41, 5.74) is 7.21. The smallest absolute Gasteiger partial charge is 0.220 e. The van der Waals surface area contributed by atoms with E-state index in [2.05, 4.69) is 12.2 Å². The van der Waals surface area contributed by atoms with E-state index in [9.17, 15) is 9.59 Å². The lowest BCUT2D eigenvalue weighted by atomic mass is 10.0. The molecule has 0 unspecified atom stereocenters. The first-order valence-electron chi connectivity index (χ1n) is 6.76. The van der Waals surface area contributed by atoms with Gasteiger partial charge in [0, 0.05) is 24.9 Å². The van der Waals surface area contributed by atoms with E-state index in [0.717, 1.165) is 12.8 Å². The van der Waals surface area contributed by atoms with E-state index in [1.54, 1.807) is 0 Å². The van der Waals surface area contributed by atoms with Crippen LogP contribution in [0.4, 0.5) is 0 Å². The van der Waals surface area contributed by atoms with Crippen molar-refractivity contribution in [1.29, 1.82) is 0 Å². The number of carbonyl (C=O) groups is 2. The number of hydrogen-bond donors (Lipinski definition) is 2. The molecule has 1 amide bonds. The van der Waals surface area contributed by atoms with Crippen molar-refractivity contribution in [2.45, 2.75) is 32.6 Å². The van der Waals surface area contributed by atoms with Crippen molar-refractivity contribution in [1.82, 2.24) is 5.32 Å². The fourth-order valence-electron chi connectivity index (χ4n) is 1.72. The predicted molar refractivity (Wildman–Crippen MR) is 83.3 cm³/mol. The quantitative estimate of drug-likeness (QED) is 0.570. The number of nitrogens with two attached hydrogens (primary N) is 1. The Hall–Kier alpha value is -1.39. The van der Waals surface area contributed by atoms with Crippen LogP contribution < -0.4 is 11.1 Å². The van der Waals surface area contributed by atoms with E-state index in [-0.39, 0.29) is 36.9 Å². The zero-order chi connectivity index (χ0) is 14.1. The highest BCUT2D eigenvalue weighted by Gasteiger charge is 2.08. The van der Waals surface area contributed by atoms with Gasteiger partial charge in [-0.2, -0.15) is 0 Å². The standard InChI is InChI=1S/C15H22N2O2.ClH/c1-2-12-4-6-13(7-5-12)14(18)8-9-15(19)17-11-3-10-16;/h4-7H,2-3,8-11,16H2,1H3,(H,17,19);1H. The molecule has 1 aromatic rings. The average Bonchev–Trinajstić information content (AvgIpc) is 2.45. The molecule has 1 aromatic carbocycles. The fraction of sp³-hybridized carbons (Fsp3) is 0.467. The van der Waals surface area contributed by atoms with Crippen molar-refractivity contribution >= 4 is 24.1 Å². The zero-order valence-corrected chi connectivity index (χ0v) is 12.7. The Bertz CT molecular complexity index is 418. The van der Waals surface area contributed by atoms with Gasteiger partial charge in [-0.3, -0.25) is 9.59 Å². The third-order valence-corrected chi connectivity index (χ3v) is 2.97. The lowest BCUT2D eigenvalue weighted by molar-refractivity contribution is -0.121. The van der Waals surface area contributed by atoms with Crippen LogP contribution in [0.3, 0.4) is 0 Å². The van der Waals surface area contributed by atoms with Crippen molar-refractivity contribution in [2.75, 3.05) is 13.1 Å². The highest BCUT2D eigenvalue weighted by Crippen LogP contribution is 2.08. The lowest BCUT2D eigenvalue weighted by Gasteiger charge is -2.04. The average molecular weight is 299 g/mol. The number of halogens is 1. The van der Waals surface area contributed by atoms with Gasteiger partial charge in [-0.05, 0) is 24.9 Å². The van der Waals surface area contributed by atoms with Gasteiger partial charge >= 0.3 is 0 Å². The minimum absolute atomic E-state index is 0. The molecular formula is C15H23ClN2O2. The van der Waals surface area contributed by atoms with Gasteiger partial charge in [-0.15, -0.1) is 12.4 Å². The largest absolute Gasteiger partial charge is 0.356 e. The molecule has 0 fully saturated rings. The van der Waals surface area contributed by atoms with Crippen molar-refractivity contribution < 1.29 is 9.59 Å². The maximum atomic E-state index is 11.9. The van der Waals surface area contributed by atoms with Gasteiger partial charge in [0.15, 0.2) is 5.78 Å². The Labute approximate surface area is 126 Å². The van der Waals surface area contributed by atoms with Gasteiger partial charge in [-0.1, -0.05) is 31.2 Å². The number of rotatable bonds is 8. The van der Waals surface area contributed by atoms with E-state index >= 15 is 0 Å². The fourth-order valence-corrected chi connectivity index (χ4v) is 1.72. The van der Waals surface area contributed by atoms with Gasteiger partial charge in [0.05, 0.1) is 0 Å². The molecule has 0 aliphatic rings.